The monoisotopic (exact) mass is 301 g/mol. The van der Waals surface area contributed by atoms with Crippen LogP contribution in [0.5, 0.6) is 0 Å². The van der Waals surface area contributed by atoms with Crippen LogP contribution in [0.3, 0.4) is 0 Å². The summed E-state index contributed by atoms with van der Waals surface area (Å²) in [7, 11) is 0. The number of carbonyl (C=O) groups is 2. The van der Waals surface area contributed by atoms with Crippen LogP contribution in [0.2, 0.25) is 0 Å². The molecule has 2 aliphatic rings. The van der Waals surface area contributed by atoms with Gasteiger partial charge in [-0.25, -0.2) is 0 Å². The molecular formula is C17H23N3O2. The summed E-state index contributed by atoms with van der Waals surface area (Å²) in [5, 5.41) is 3.24. The van der Waals surface area contributed by atoms with Gasteiger partial charge in [0.05, 0.1) is 5.92 Å². The molecule has 1 aromatic rings. The molecule has 2 amide bonds. The molecule has 1 aromatic carbocycles. The van der Waals surface area contributed by atoms with E-state index in [4.69, 9.17) is 0 Å². The molecule has 3 rings (SSSR count). The summed E-state index contributed by atoms with van der Waals surface area (Å²) in [6, 6.07) is 8.21. The van der Waals surface area contributed by atoms with Gasteiger partial charge >= 0.3 is 0 Å². The van der Waals surface area contributed by atoms with Crippen LogP contribution in [0.4, 0.5) is 0 Å². The van der Waals surface area contributed by atoms with Crippen molar-refractivity contribution in [2.75, 3.05) is 32.7 Å². The highest BCUT2D eigenvalue weighted by molar-refractivity contribution is 5.89. The van der Waals surface area contributed by atoms with Crippen molar-refractivity contribution in [3.63, 3.8) is 0 Å². The molecule has 0 unspecified atom stereocenters. The Kier molecular flexibility index (Phi) is 4.43. The van der Waals surface area contributed by atoms with E-state index in [1.165, 1.54) is 5.56 Å². The van der Waals surface area contributed by atoms with E-state index < -0.39 is 0 Å². The standard InChI is InChI=1S/C17H23N3O2/c1-13-2-4-14(5-3-13)11-20-12-15(10-16(20)21)17(22)19-8-6-18-7-9-19/h2-5,15,18H,6-12H2,1H3/t15-/m1/s1. The van der Waals surface area contributed by atoms with Crippen LogP contribution in [0.1, 0.15) is 17.5 Å². The molecule has 0 saturated carbocycles. The zero-order chi connectivity index (χ0) is 15.5. The van der Waals surface area contributed by atoms with Gasteiger partial charge in [0.15, 0.2) is 0 Å². The van der Waals surface area contributed by atoms with Gasteiger partial charge < -0.3 is 15.1 Å². The first-order valence-electron chi connectivity index (χ1n) is 7.96. The molecule has 2 saturated heterocycles. The first-order valence-corrected chi connectivity index (χ1v) is 7.96. The second-order valence-electron chi connectivity index (χ2n) is 6.24. The highest BCUT2D eigenvalue weighted by Gasteiger charge is 2.36. The number of likely N-dealkylation sites (tertiary alicyclic amines) is 1. The second kappa shape index (κ2) is 6.48. The fourth-order valence-corrected chi connectivity index (χ4v) is 3.15. The quantitative estimate of drug-likeness (QED) is 0.897. The van der Waals surface area contributed by atoms with Gasteiger partial charge in [0.2, 0.25) is 11.8 Å². The average molecular weight is 301 g/mol. The molecule has 0 radical (unpaired) electrons. The van der Waals surface area contributed by atoms with Gasteiger partial charge in [-0.2, -0.15) is 0 Å². The topological polar surface area (TPSA) is 52.7 Å². The number of piperazine rings is 1. The van der Waals surface area contributed by atoms with E-state index in [1.54, 1.807) is 0 Å². The lowest BCUT2D eigenvalue weighted by Crippen LogP contribution is -2.48. The molecule has 2 aliphatic heterocycles. The minimum atomic E-state index is -0.170. The maximum Gasteiger partial charge on any atom is 0.228 e. The normalized spacial score (nSPS) is 22.2. The lowest BCUT2D eigenvalue weighted by molar-refractivity contribution is -0.136. The van der Waals surface area contributed by atoms with Crippen LogP contribution in [0.25, 0.3) is 0 Å². The Hall–Kier alpha value is -1.88. The highest BCUT2D eigenvalue weighted by Crippen LogP contribution is 2.22. The number of nitrogens with one attached hydrogen (secondary N) is 1. The third-order valence-electron chi connectivity index (χ3n) is 4.49. The molecule has 2 fully saturated rings. The smallest absolute Gasteiger partial charge is 0.228 e. The van der Waals surface area contributed by atoms with E-state index in [0.717, 1.165) is 31.7 Å². The van der Waals surface area contributed by atoms with Crippen LogP contribution < -0.4 is 5.32 Å². The van der Waals surface area contributed by atoms with Gasteiger partial charge in [0.25, 0.3) is 0 Å². The van der Waals surface area contributed by atoms with Crippen molar-refractivity contribution >= 4 is 11.8 Å². The largest absolute Gasteiger partial charge is 0.340 e. The number of hydrogen-bond donors (Lipinski definition) is 1. The van der Waals surface area contributed by atoms with Gasteiger partial charge in [-0.15, -0.1) is 0 Å². The Morgan fingerprint density at radius 2 is 1.91 bits per heavy atom. The average Bonchev–Trinajstić information content (AvgIpc) is 2.91. The maximum atomic E-state index is 12.5. The van der Waals surface area contributed by atoms with Gasteiger partial charge in [0, 0.05) is 45.7 Å². The fraction of sp³-hybridized carbons (Fsp3) is 0.529. The molecule has 1 N–H and O–H groups in total. The Bertz CT molecular complexity index is 550. The second-order valence-corrected chi connectivity index (χ2v) is 6.24. The Labute approximate surface area is 131 Å². The first-order chi connectivity index (χ1) is 10.6. The summed E-state index contributed by atoms with van der Waals surface area (Å²) < 4.78 is 0. The van der Waals surface area contributed by atoms with Gasteiger partial charge in [-0.1, -0.05) is 29.8 Å². The third-order valence-corrected chi connectivity index (χ3v) is 4.49. The van der Waals surface area contributed by atoms with Crippen LogP contribution >= 0.6 is 0 Å². The molecule has 0 aromatic heterocycles. The Morgan fingerprint density at radius 1 is 1.23 bits per heavy atom. The zero-order valence-corrected chi connectivity index (χ0v) is 13.0. The number of amides is 2. The summed E-state index contributed by atoms with van der Waals surface area (Å²) in [6.45, 7) is 6.40. The molecule has 0 bridgehead atoms. The molecule has 1 atom stereocenters. The van der Waals surface area contributed by atoms with Crippen molar-refractivity contribution in [3.05, 3.63) is 35.4 Å². The van der Waals surface area contributed by atoms with Crippen molar-refractivity contribution in [3.8, 4) is 0 Å². The Balaban J connectivity index is 1.60. The summed E-state index contributed by atoms with van der Waals surface area (Å²) >= 11 is 0. The van der Waals surface area contributed by atoms with E-state index in [-0.39, 0.29) is 17.7 Å². The fourth-order valence-electron chi connectivity index (χ4n) is 3.15. The van der Waals surface area contributed by atoms with Crippen molar-refractivity contribution in [2.45, 2.75) is 19.9 Å². The maximum absolute atomic E-state index is 12.5. The van der Waals surface area contributed by atoms with E-state index in [2.05, 4.69) is 17.4 Å². The predicted octanol–water partition coefficient (Wildman–Crippen LogP) is 0.775. The van der Waals surface area contributed by atoms with E-state index >= 15 is 0 Å². The van der Waals surface area contributed by atoms with Crippen LogP contribution in [-0.2, 0) is 16.1 Å². The van der Waals surface area contributed by atoms with Gasteiger partial charge in [-0.05, 0) is 12.5 Å². The molecule has 0 spiro atoms. The summed E-state index contributed by atoms with van der Waals surface area (Å²) in [4.78, 5) is 28.4. The third kappa shape index (κ3) is 3.30. The van der Waals surface area contributed by atoms with Crippen LogP contribution in [-0.4, -0.2) is 54.3 Å². The molecule has 22 heavy (non-hydrogen) atoms. The lowest BCUT2D eigenvalue weighted by Gasteiger charge is -2.29. The number of nitrogens with zero attached hydrogens (tertiary/aromatic N) is 2. The predicted molar refractivity (Wildman–Crippen MR) is 84.2 cm³/mol. The molecule has 118 valence electrons. The molecule has 5 nitrogen and oxygen atoms in total. The highest BCUT2D eigenvalue weighted by atomic mass is 16.2. The zero-order valence-electron chi connectivity index (χ0n) is 13.0. The molecule has 5 heteroatoms. The summed E-state index contributed by atoms with van der Waals surface area (Å²) in [5.41, 5.74) is 2.33. The van der Waals surface area contributed by atoms with E-state index in [0.29, 0.717) is 19.5 Å². The van der Waals surface area contributed by atoms with Gasteiger partial charge in [-0.3, -0.25) is 9.59 Å². The molecular weight excluding hydrogens is 278 g/mol. The van der Waals surface area contributed by atoms with Crippen LogP contribution in [0, 0.1) is 12.8 Å². The van der Waals surface area contributed by atoms with Crippen molar-refractivity contribution in [2.24, 2.45) is 5.92 Å². The number of aryl methyl sites for hydroxylation is 1. The van der Waals surface area contributed by atoms with Crippen molar-refractivity contribution < 1.29 is 9.59 Å². The number of benzene rings is 1. The first kappa shape index (κ1) is 15.0. The lowest BCUT2D eigenvalue weighted by atomic mass is 10.1. The minimum Gasteiger partial charge on any atom is -0.340 e. The van der Waals surface area contributed by atoms with Crippen molar-refractivity contribution in [1.82, 2.24) is 15.1 Å². The number of rotatable bonds is 3. The van der Waals surface area contributed by atoms with E-state index in [9.17, 15) is 9.59 Å². The number of hydrogen-bond acceptors (Lipinski definition) is 3. The van der Waals surface area contributed by atoms with Crippen LogP contribution in [0.15, 0.2) is 24.3 Å². The Morgan fingerprint density at radius 3 is 2.59 bits per heavy atom. The minimum absolute atomic E-state index is 0.0917. The van der Waals surface area contributed by atoms with Gasteiger partial charge in [0.1, 0.15) is 0 Å². The van der Waals surface area contributed by atoms with Crippen molar-refractivity contribution in [1.29, 1.82) is 0 Å². The molecule has 2 heterocycles. The SMILES string of the molecule is Cc1ccc(CN2C[C@H](C(=O)N3CCNCC3)CC2=O)cc1. The summed E-state index contributed by atoms with van der Waals surface area (Å²) in [5.74, 6) is 0.0614. The number of carbonyl (C=O) groups excluding carboxylic acids is 2. The molecule has 0 aliphatic carbocycles. The summed E-state index contributed by atoms with van der Waals surface area (Å²) in [6.07, 6.45) is 0.356. The van der Waals surface area contributed by atoms with E-state index in [1.807, 2.05) is 28.9 Å².